The van der Waals surface area contributed by atoms with Crippen molar-refractivity contribution in [2.75, 3.05) is 17.7 Å². The number of carbonyl (C=O) groups is 3. The van der Waals surface area contributed by atoms with Gasteiger partial charge in [0.2, 0.25) is 17.6 Å². The van der Waals surface area contributed by atoms with Crippen LogP contribution in [0.4, 0.5) is 28.4 Å². The molecule has 2 amide bonds. The first-order valence-electron chi connectivity index (χ1n) is 14.2. The van der Waals surface area contributed by atoms with E-state index in [0.717, 1.165) is 38.3 Å². The Morgan fingerprint density at radius 2 is 1.50 bits per heavy atom. The summed E-state index contributed by atoms with van der Waals surface area (Å²) in [6.07, 6.45) is 0. The van der Waals surface area contributed by atoms with Gasteiger partial charge in [-0.25, -0.2) is 4.79 Å². The number of hydrogen-bond acceptors (Lipinski definition) is 15. The summed E-state index contributed by atoms with van der Waals surface area (Å²) in [6.45, 7) is 2.31. The van der Waals surface area contributed by atoms with Crippen molar-refractivity contribution in [3.8, 4) is 11.6 Å². The van der Waals surface area contributed by atoms with Gasteiger partial charge in [0.25, 0.3) is 37.6 Å². The van der Waals surface area contributed by atoms with Gasteiger partial charge in [0, 0.05) is 17.3 Å². The third-order valence-electron chi connectivity index (χ3n) is 6.74. The molecule has 0 fully saturated rings. The number of aryl methyl sites for hydroxylation is 1. The van der Waals surface area contributed by atoms with Crippen molar-refractivity contribution in [2.24, 2.45) is 20.5 Å². The number of aromatic nitrogens is 2. The molecule has 0 bridgehead atoms. The smallest absolute Gasteiger partial charge is 0.328 e. The summed E-state index contributed by atoms with van der Waals surface area (Å²) in [5.74, 6) is -3.69. The fourth-order valence-electron chi connectivity index (χ4n) is 4.29. The minimum atomic E-state index is -5.03. The predicted octanol–water partition coefficient (Wildman–Crippen LogP) is 2.93. The topological polar surface area (TPSA) is 329 Å². The van der Waals surface area contributed by atoms with Gasteiger partial charge in [-0.15, -0.1) is 5.11 Å². The molecule has 21 nitrogen and oxygen atoms in total. The van der Waals surface area contributed by atoms with Crippen molar-refractivity contribution in [1.82, 2.24) is 9.97 Å². The maximum Gasteiger partial charge on any atom is 0.328 e. The van der Waals surface area contributed by atoms with Gasteiger partial charge >= 0.3 is 5.69 Å². The average molecular weight is 759 g/mol. The third-order valence-corrected chi connectivity index (χ3v) is 8.61. The molecule has 4 rings (SSSR count). The second kappa shape index (κ2) is 15.2. The monoisotopic (exact) mass is 758 g/mol. The van der Waals surface area contributed by atoms with Crippen LogP contribution in [0.15, 0.2) is 94.4 Å². The first-order chi connectivity index (χ1) is 24.3. The molecule has 272 valence electrons. The number of aromatic amines is 2. The highest BCUT2D eigenvalue weighted by molar-refractivity contribution is 7.86. The van der Waals surface area contributed by atoms with E-state index in [4.69, 9.17) is 4.74 Å². The fraction of sp³-hybridized carbons (Fsp3) is 0.138. The Bertz CT molecular complexity index is 2490. The number of azo groups is 2. The lowest BCUT2D eigenvalue weighted by atomic mass is 10.1. The Morgan fingerprint density at radius 3 is 2.08 bits per heavy atom. The Labute approximate surface area is 292 Å². The van der Waals surface area contributed by atoms with E-state index in [1.54, 1.807) is 0 Å². The van der Waals surface area contributed by atoms with Crippen LogP contribution in [0.25, 0.3) is 0 Å². The lowest BCUT2D eigenvalue weighted by Gasteiger charge is -2.15. The highest BCUT2D eigenvalue weighted by atomic mass is 32.2. The quantitative estimate of drug-likeness (QED) is 0.0621. The molecule has 0 aliphatic carbocycles. The zero-order chi connectivity index (χ0) is 38.5. The number of benzene rings is 3. The molecular formula is C29H26N8O13S2. The number of carbonyl (C=O) groups excluding carboxylic acids is 3. The summed E-state index contributed by atoms with van der Waals surface area (Å²) in [4.78, 5) is 63.6. The van der Waals surface area contributed by atoms with E-state index in [1.807, 2.05) is 9.97 Å². The molecule has 1 unspecified atom stereocenters. The van der Waals surface area contributed by atoms with E-state index in [2.05, 4.69) is 31.1 Å². The van der Waals surface area contributed by atoms with Crippen LogP contribution < -0.4 is 26.6 Å². The van der Waals surface area contributed by atoms with Crippen LogP contribution in [0.3, 0.4) is 0 Å². The van der Waals surface area contributed by atoms with Gasteiger partial charge < -0.3 is 20.5 Å². The molecule has 0 aliphatic rings. The highest BCUT2D eigenvalue weighted by Gasteiger charge is 2.26. The molecule has 0 spiro atoms. The van der Waals surface area contributed by atoms with Crippen molar-refractivity contribution in [3.63, 3.8) is 0 Å². The maximum absolute atomic E-state index is 13.0. The van der Waals surface area contributed by atoms with Gasteiger partial charge in [-0.3, -0.25) is 38.3 Å². The van der Waals surface area contributed by atoms with Crippen LogP contribution in [0.2, 0.25) is 0 Å². The lowest BCUT2D eigenvalue weighted by Crippen LogP contribution is -2.32. The summed E-state index contributed by atoms with van der Waals surface area (Å²) in [5.41, 5.74) is -3.08. The molecular weight excluding hydrogens is 732 g/mol. The number of methoxy groups -OCH3 is 1. The van der Waals surface area contributed by atoms with Crippen LogP contribution >= 0.6 is 0 Å². The number of amides is 2. The number of hydrogen-bond donors (Lipinski definition) is 7. The molecule has 4 aromatic rings. The van der Waals surface area contributed by atoms with Crippen molar-refractivity contribution < 1.29 is 50.2 Å². The van der Waals surface area contributed by atoms with Crippen LogP contribution in [-0.4, -0.2) is 71.8 Å². The molecule has 1 aromatic heterocycles. The van der Waals surface area contributed by atoms with E-state index >= 15 is 0 Å². The van der Waals surface area contributed by atoms with E-state index in [0.29, 0.717) is 0 Å². The van der Waals surface area contributed by atoms with Gasteiger partial charge in [0.05, 0.1) is 18.5 Å². The SMILES string of the molecule is COc1cc(S(=O)(=O)O)c(C)cc1NC(=O)C(N=Nc1ccc(NC(=O)c2ccc(N=Nc3c(O)[nH]c(=O)[nH]c3=O)cc2)cc1S(=O)(=O)O)C(C)=O. The molecule has 0 aliphatic heterocycles. The van der Waals surface area contributed by atoms with E-state index in [9.17, 15) is 55.0 Å². The van der Waals surface area contributed by atoms with Crippen LogP contribution in [0.5, 0.6) is 11.6 Å². The number of rotatable bonds is 12. The first-order valence-corrected chi connectivity index (χ1v) is 17.0. The number of anilines is 2. The average Bonchev–Trinajstić information content (AvgIpc) is 3.04. The minimum Gasteiger partial charge on any atom is -0.495 e. The minimum absolute atomic E-state index is 0.0213. The van der Waals surface area contributed by atoms with E-state index in [1.165, 1.54) is 37.3 Å². The van der Waals surface area contributed by atoms with Crippen LogP contribution in [-0.2, 0) is 29.8 Å². The summed E-state index contributed by atoms with van der Waals surface area (Å²) >= 11 is 0. The Balaban J connectivity index is 1.53. The zero-order valence-electron chi connectivity index (χ0n) is 26.8. The van der Waals surface area contributed by atoms with Crippen molar-refractivity contribution in [3.05, 3.63) is 86.6 Å². The highest BCUT2D eigenvalue weighted by Crippen LogP contribution is 2.32. The Morgan fingerprint density at radius 1 is 0.846 bits per heavy atom. The molecule has 0 radical (unpaired) electrons. The second-order valence-corrected chi connectivity index (χ2v) is 13.3. The Kier molecular flexibility index (Phi) is 11.2. The van der Waals surface area contributed by atoms with Crippen molar-refractivity contribution in [1.29, 1.82) is 0 Å². The number of Topliss-reactive ketones (excluding diaryl/α,β-unsaturated/α-hetero) is 1. The zero-order valence-corrected chi connectivity index (χ0v) is 28.4. The maximum atomic E-state index is 13.0. The number of nitrogens with one attached hydrogen (secondary N) is 4. The number of ether oxygens (including phenoxy) is 1. The summed E-state index contributed by atoms with van der Waals surface area (Å²) in [6, 6.07) is 8.49. The number of ketones is 1. The van der Waals surface area contributed by atoms with Crippen molar-refractivity contribution in [2.45, 2.75) is 29.7 Å². The van der Waals surface area contributed by atoms with Gasteiger partial charge in [-0.05, 0) is 67.9 Å². The van der Waals surface area contributed by atoms with Crippen molar-refractivity contribution >= 4 is 66.3 Å². The molecule has 1 atom stereocenters. The molecule has 0 saturated heterocycles. The van der Waals surface area contributed by atoms with Gasteiger partial charge in [-0.2, -0.15) is 32.2 Å². The van der Waals surface area contributed by atoms with Crippen LogP contribution in [0.1, 0.15) is 22.8 Å². The Hall–Kier alpha value is -6.43. The molecule has 3 aromatic carbocycles. The molecule has 23 heteroatoms. The number of aromatic hydroxyl groups is 1. The van der Waals surface area contributed by atoms with Crippen LogP contribution in [0, 0.1) is 6.92 Å². The normalized spacial score (nSPS) is 12.5. The van der Waals surface area contributed by atoms with Gasteiger partial charge in [-0.1, -0.05) is 0 Å². The van der Waals surface area contributed by atoms with E-state index in [-0.39, 0.29) is 33.9 Å². The third kappa shape index (κ3) is 9.21. The number of H-pyrrole nitrogens is 2. The van der Waals surface area contributed by atoms with E-state index < -0.39 is 82.2 Å². The summed E-state index contributed by atoms with van der Waals surface area (Å²) in [5, 5.41) is 29.1. The largest absolute Gasteiger partial charge is 0.495 e. The summed E-state index contributed by atoms with van der Waals surface area (Å²) in [7, 11) is -8.51. The molecule has 1 heterocycles. The standard InChI is InChI=1S/C29H26N8O13S2/c1-13-10-19(20(50-3)12-21(13)51(44,45)46)31-26(40)23(14(2)38)36-35-18-9-8-17(11-22(18)52(47,48)49)30-25(39)15-4-6-16(7-5-15)34-37-24-27(41)32-29(43)33-28(24)42/h4-12,23H,1-3H3,(H,30,39)(H,31,40)(H,44,45,46)(H,47,48,49)(H3,32,33,41,42,43). The molecule has 52 heavy (non-hydrogen) atoms. The van der Waals surface area contributed by atoms with Gasteiger partial charge in [0.1, 0.15) is 21.2 Å². The summed E-state index contributed by atoms with van der Waals surface area (Å²) < 4.78 is 72.1. The second-order valence-electron chi connectivity index (χ2n) is 10.5. The lowest BCUT2D eigenvalue weighted by molar-refractivity contribution is -0.126. The molecule has 0 saturated carbocycles. The van der Waals surface area contributed by atoms with Gasteiger partial charge in [0.15, 0.2) is 5.78 Å². The number of nitrogens with zero attached hydrogens (tertiary/aromatic N) is 4. The molecule has 7 N–H and O–H groups in total. The first kappa shape index (κ1) is 38.4. The fourth-order valence-corrected chi connectivity index (χ4v) is 5.66. The predicted molar refractivity (Wildman–Crippen MR) is 179 cm³/mol.